The summed E-state index contributed by atoms with van der Waals surface area (Å²) in [4.78, 5) is 9.86. The fraction of sp³-hybridized carbons (Fsp3) is 0.235. The second-order valence-electron chi connectivity index (χ2n) is 10.0. The van der Waals surface area contributed by atoms with Gasteiger partial charge in [0.15, 0.2) is 0 Å². The average molecular weight is 579 g/mol. The second-order valence-corrected chi connectivity index (χ2v) is 10.0. The van der Waals surface area contributed by atoms with Gasteiger partial charge in [0.1, 0.15) is 0 Å². The summed E-state index contributed by atoms with van der Waals surface area (Å²) in [5, 5.41) is 0. The number of aliphatic imine (C=N–C) groups is 2. The summed E-state index contributed by atoms with van der Waals surface area (Å²) in [6, 6.07) is 21.8. The van der Waals surface area contributed by atoms with Gasteiger partial charge < -0.3 is 0 Å². The number of benzene rings is 4. The van der Waals surface area contributed by atoms with E-state index >= 15 is 0 Å². The van der Waals surface area contributed by atoms with Crippen molar-refractivity contribution in [2.24, 2.45) is 9.98 Å². The zero-order valence-corrected chi connectivity index (χ0v) is 24.7. The van der Waals surface area contributed by atoms with Crippen LogP contribution in [-0.2, 0) is 20.4 Å². The van der Waals surface area contributed by atoms with E-state index in [9.17, 15) is 0 Å². The van der Waals surface area contributed by atoms with E-state index in [4.69, 9.17) is 9.98 Å². The van der Waals surface area contributed by atoms with E-state index in [1.54, 1.807) is 0 Å². The van der Waals surface area contributed by atoms with E-state index in [1.165, 1.54) is 66.8 Å². The topological polar surface area (TPSA) is 24.7 Å². The molecule has 37 heavy (non-hydrogen) atoms. The summed E-state index contributed by atoms with van der Waals surface area (Å²) in [6.45, 7) is 17.2. The molecule has 0 spiro atoms. The summed E-state index contributed by atoms with van der Waals surface area (Å²) in [5.41, 5.74) is 16.7. The van der Waals surface area contributed by atoms with Crippen LogP contribution in [0, 0.1) is 55.4 Å². The van der Waals surface area contributed by atoms with Gasteiger partial charge in [-0.1, -0.05) is 59.7 Å². The first kappa shape index (κ1) is 28.5. The molecule has 192 valence electrons. The van der Waals surface area contributed by atoms with E-state index in [2.05, 4.69) is 116 Å². The van der Waals surface area contributed by atoms with Crippen molar-refractivity contribution in [1.82, 2.24) is 0 Å². The number of hydrogen-bond acceptors (Lipinski definition) is 2. The van der Waals surface area contributed by atoms with Crippen molar-refractivity contribution in [2.75, 3.05) is 0 Å². The minimum Gasteiger partial charge on any atom is -0.254 e. The van der Waals surface area contributed by atoms with Crippen LogP contribution >= 0.6 is 0 Å². The maximum atomic E-state index is 4.93. The molecule has 0 aliphatic carbocycles. The maximum absolute atomic E-state index is 4.93. The average Bonchev–Trinajstić information content (AvgIpc) is 2.79. The van der Waals surface area contributed by atoms with Crippen LogP contribution in [0.3, 0.4) is 0 Å². The van der Waals surface area contributed by atoms with E-state index < -0.39 is 0 Å². The minimum absolute atomic E-state index is 0. The van der Waals surface area contributed by atoms with E-state index in [0.29, 0.717) is 0 Å². The molecule has 0 bridgehead atoms. The molecule has 0 amide bonds. The molecular weight excluding hydrogens is 543 g/mol. The Labute approximate surface area is 236 Å². The van der Waals surface area contributed by atoms with Crippen LogP contribution in [0.25, 0.3) is 22.3 Å². The molecule has 4 aromatic rings. The summed E-state index contributed by atoms with van der Waals surface area (Å²) >= 11 is 0. The molecule has 0 fully saturated rings. The third-order valence-corrected chi connectivity index (χ3v) is 6.86. The molecule has 0 aliphatic rings. The first-order valence-electron chi connectivity index (χ1n) is 12.6. The predicted octanol–water partition coefficient (Wildman–Crippen LogP) is 9.59. The Morgan fingerprint density at radius 3 is 1.11 bits per heavy atom. The first-order valence-corrected chi connectivity index (χ1v) is 12.6. The fourth-order valence-electron chi connectivity index (χ4n) is 5.34. The standard InChI is InChI=1S/C34H36N2.Pd/c1-21-17-27(7)33(29(19-21)31-23(3)11-9-12-24(31)4)35-15-16-36-34-28(8)18-22(2)20-30(34)32-25(5)13-10-14-26(32)6;/h9-20H,1-8H3;. The van der Waals surface area contributed by atoms with Gasteiger partial charge in [0.2, 0.25) is 0 Å². The molecular formula is C34H36N2Pd. The van der Waals surface area contributed by atoms with Crippen molar-refractivity contribution < 1.29 is 20.4 Å². The summed E-state index contributed by atoms with van der Waals surface area (Å²) in [7, 11) is 0. The third-order valence-electron chi connectivity index (χ3n) is 6.86. The van der Waals surface area contributed by atoms with Gasteiger partial charge in [-0.25, -0.2) is 0 Å². The van der Waals surface area contributed by atoms with Crippen LogP contribution in [-0.4, -0.2) is 12.4 Å². The molecule has 0 unspecified atom stereocenters. The van der Waals surface area contributed by atoms with Crippen LogP contribution in [0.4, 0.5) is 11.4 Å². The largest absolute Gasteiger partial charge is 0.254 e. The van der Waals surface area contributed by atoms with Crippen LogP contribution in [0.15, 0.2) is 70.6 Å². The number of rotatable bonds is 5. The normalized spacial score (nSPS) is 11.4. The van der Waals surface area contributed by atoms with Crippen molar-refractivity contribution in [1.29, 1.82) is 0 Å². The van der Waals surface area contributed by atoms with E-state index in [1.807, 2.05) is 12.4 Å². The van der Waals surface area contributed by atoms with Crippen molar-refractivity contribution in [3.05, 3.63) is 105 Å². The number of hydrogen-bond donors (Lipinski definition) is 0. The van der Waals surface area contributed by atoms with Gasteiger partial charge in [0, 0.05) is 44.0 Å². The quantitative estimate of drug-likeness (QED) is 0.166. The zero-order chi connectivity index (χ0) is 26.0. The molecule has 2 nitrogen and oxygen atoms in total. The monoisotopic (exact) mass is 578 g/mol. The number of nitrogens with zero attached hydrogens (tertiary/aromatic N) is 2. The smallest absolute Gasteiger partial charge is 0.0738 e. The maximum Gasteiger partial charge on any atom is 0.0738 e. The zero-order valence-electron chi connectivity index (χ0n) is 23.1. The summed E-state index contributed by atoms with van der Waals surface area (Å²) < 4.78 is 0. The molecule has 0 saturated carbocycles. The van der Waals surface area contributed by atoms with Crippen molar-refractivity contribution in [3.63, 3.8) is 0 Å². The van der Waals surface area contributed by atoms with Gasteiger partial charge >= 0.3 is 0 Å². The molecule has 0 N–H and O–H groups in total. The van der Waals surface area contributed by atoms with Gasteiger partial charge in [0.25, 0.3) is 0 Å². The molecule has 3 heteroatoms. The molecule has 0 saturated heterocycles. The SMILES string of the molecule is Cc1cc(C)c(N=CC=Nc2c(C)cc(C)cc2-c2c(C)cccc2C)c(-c2c(C)cccc2C)c1.[Pd]. The van der Waals surface area contributed by atoms with Crippen molar-refractivity contribution in [2.45, 2.75) is 55.4 Å². The molecule has 4 rings (SSSR count). The predicted molar refractivity (Wildman–Crippen MR) is 158 cm³/mol. The van der Waals surface area contributed by atoms with Crippen LogP contribution in [0.1, 0.15) is 44.5 Å². The van der Waals surface area contributed by atoms with Crippen LogP contribution in [0.5, 0.6) is 0 Å². The van der Waals surface area contributed by atoms with Gasteiger partial charge in [-0.3, -0.25) is 9.98 Å². The van der Waals surface area contributed by atoms with Gasteiger partial charge in [0.05, 0.1) is 11.4 Å². The minimum atomic E-state index is 0. The van der Waals surface area contributed by atoms with Crippen molar-refractivity contribution >= 4 is 23.8 Å². The van der Waals surface area contributed by atoms with E-state index in [0.717, 1.165) is 11.4 Å². The summed E-state index contributed by atoms with van der Waals surface area (Å²) in [5.74, 6) is 0. The fourth-order valence-corrected chi connectivity index (χ4v) is 5.34. The van der Waals surface area contributed by atoms with Gasteiger partial charge in [-0.2, -0.15) is 0 Å². The Morgan fingerprint density at radius 2 is 0.784 bits per heavy atom. The second kappa shape index (κ2) is 12.0. The van der Waals surface area contributed by atoms with E-state index in [-0.39, 0.29) is 20.4 Å². The third kappa shape index (κ3) is 6.07. The van der Waals surface area contributed by atoms with Gasteiger partial charge in [-0.15, -0.1) is 0 Å². The van der Waals surface area contributed by atoms with Crippen LogP contribution < -0.4 is 0 Å². The molecule has 0 heterocycles. The molecule has 4 aromatic carbocycles. The molecule has 0 radical (unpaired) electrons. The Hall–Kier alpha value is -3.12. The Morgan fingerprint density at radius 1 is 0.459 bits per heavy atom. The molecule has 0 aliphatic heterocycles. The van der Waals surface area contributed by atoms with Crippen molar-refractivity contribution in [3.8, 4) is 22.3 Å². The first-order chi connectivity index (χ1) is 17.2. The Kier molecular flexibility index (Phi) is 9.19. The molecule has 0 aromatic heterocycles. The van der Waals surface area contributed by atoms with Crippen LogP contribution in [0.2, 0.25) is 0 Å². The Balaban J connectivity index is 0.00000380. The molecule has 0 atom stereocenters. The number of aryl methyl sites for hydroxylation is 8. The Bertz CT molecular complexity index is 1350. The summed E-state index contributed by atoms with van der Waals surface area (Å²) in [6.07, 6.45) is 3.67. The van der Waals surface area contributed by atoms with Gasteiger partial charge in [-0.05, 0) is 112 Å².